The molecule has 4 rings (SSSR count). The number of aryl methyl sites for hydroxylation is 1. The normalized spacial score (nSPS) is 11.9. The van der Waals surface area contributed by atoms with Crippen LogP contribution in [0.1, 0.15) is 16.7 Å². The first-order valence-electron chi connectivity index (χ1n) is 13.2. The van der Waals surface area contributed by atoms with Crippen molar-refractivity contribution in [3.05, 3.63) is 130 Å². The summed E-state index contributed by atoms with van der Waals surface area (Å²) in [6.45, 7) is 1.21. The Bertz CT molecular complexity index is 1650. The molecule has 0 radical (unpaired) electrons. The molecule has 10 heteroatoms. The standard InChI is InChI=1S/C32H31Cl2N3O4S/c1-23-18-27(34)16-17-29(23)37(42(40,41)28-14-7-4-8-15-28)22-31(38)36(21-25-12-9-13-26(33)19-25)30(32(39)35-2)20-24-10-5-3-6-11-24/h3-19,30H,20-22H2,1-2H3,(H,35,39)/t30-/m1/s1. The predicted octanol–water partition coefficient (Wildman–Crippen LogP) is 5.88. The van der Waals surface area contributed by atoms with Crippen molar-refractivity contribution in [1.29, 1.82) is 0 Å². The summed E-state index contributed by atoms with van der Waals surface area (Å²) in [6.07, 6.45) is 0.220. The average molecular weight is 625 g/mol. The summed E-state index contributed by atoms with van der Waals surface area (Å²) < 4.78 is 29.1. The number of halogens is 2. The molecule has 2 amide bonds. The van der Waals surface area contributed by atoms with Gasteiger partial charge in [0.25, 0.3) is 10.0 Å². The summed E-state index contributed by atoms with van der Waals surface area (Å²) in [6, 6.07) is 28.1. The summed E-state index contributed by atoms with van der Waals surface area (Å²) in [5.74, 6) is -0.942. The third-order valence-electron chi connectivity index (χ3n) is 6.80. The maximum atomic E-state index is 14.3. The van der Waals surface area contributed by atoms with Crippen molar-refractivity contribution < 1.29 is 18.0 Å². The minimum atomic E-state index is -4.19. The maximum absolute atomic E-state index is 14.3. The number of amides is 2. The highest BCUT2D eigenvalue weighted by Crippen LogP contribution is 2.29. The van der Waals surface area contributed by atoms with E-state index in [2.05, 4.69) is 5.32 Å². The minimum Gasteiger partial charge on any atom is -0.357 e. The molecule has 4 aromatic carbocycles. The van der Waals surface area contributed by atoms with Crippen molar-refractivity contribution in [3.8, 4) is 0 Å². The van der Waals surface area contributed by atoms with Crippen LogP contribution in [-0.2, 0) is 32.6 Å². The quantitative estimate of drug-likeness (QED) is 0.226. The van der Waals surface area contributed by atoms with Crippen LogP contribution in [0.4, 0.5) is 5.69 Å². The smallest absolute Gasteiger partial charge is 0.264 e. The highest BCUT2D eigenvalue weighted by atomic mass is 35.5. The highest BCUT2D eigenvalue weighted by molar-refractivity contribution is 7.92. The van der Waals surface area contributed by atoms with Gasteiger partial charge in [0.15, 0.2) is 0 Å². The number of nitrogens with zero attached hydrogens (tertiary/aromatic N) is 2. The van der Waals surface area contributed by atoms with E-state index in [1.807, 2.05) is 30.3 Å². The fourth-order valence-corrected chi connectivity index (χ4v) is 6.62. The molecule has 0 fully saturated rings. The van der Waals surface area contributed by atoms with E-state index >= 15 is 0 Å². The molecular formula is C32H31Cl2N3O4S. The van der Waals surface area contributed by atoms with Gasteiger partial charge < -0.3 is 10.2 Å². The molecular weight excluding hydrogens is 593 g/mol. The second-order valence-electron chi connectivity index (χ2n) is 9.73. The molecule has 0 saturated heterocycles. The molecule has 0 heterocycles. The highest BCUT2D eigenvalue weighted by Gasteiger charge is 2.34. The lowest BCUT2D eigenvalue weighted by Gasteiger charge is -2.34. The molecule has 4 aromatic rings. The number of likely N-dealkylation sites (N-methyl/N-ethyl adjacent to an activating group) is 1. The van der Waals surface area contributed by atoms with Gasteiger partial charge in [-0.3, -0.25) is 13.9 Å². The molecule has 0 saturated carbocycles. The number of sulfonamides is 1. The molecule has 0 unspecified atom stereocenters. The fourth-order valence-electron chi connectivity index (χ4n) is 4.68. The minimum absolute atomic E-state index is 0.0284. The van der Waals surface area contributed by atoms with Crippen LogP contribution in [0, 0.1) is 6.92 Å². The van der Waals surface area contributed by atoms with Gasteiger partial charge in [0.2, 0.25) is 11.8 Å². The van der Waals surface area contributed by atoms with E-state index in [1.54, 1.807) is 67.6 Å². The SMILES string of the molecule is CNC(=O)[C@@H](Cc1ccccc1)N(Cc1cccc(Cl)c1)C(=O)CN(c1ccc(Cl)cc1C)S(=O)(=O)c1ccccc1. The first-order valence-corrected chi connectivity index (χ1v) is 15.4. The first kappa shape index (κ1) is 31.1. The van der Waals surface area contributed by atoms with E-state index in [-0.39, 0.29) is 23.8 Å². The van der Waals surface area contributed by atoms with E-state index < -0.39 is 28.5 Å². The van der Waals surface area contributed by atoms with Crippen molar-refractivity contribution in [2.75, 3.05) is 17.9 Å². The number of hydrogen-bond donors (Lipinski definition) is 1. The van der Waals surface area contributed by atoms with Crippen LogP contribution in [0.3, 0.4) is 0 Å². The number of nitrogens with one attached hydrogen (secondary N) is 1. The number of benzene rings is 4. The Hall–Kier alpha value is -3.85. The van der Waals surface area contributed by atoms with E-state index in [0.29, 0.717) is 26.9 Å². The summed E-state index contributed by atoms with van der Waals surface area (Å²) in [4.78, 5) is 29.1. The van der Waals surface area contributed by atoms with E-state index in [9.17, 15) is 18.0 Å². The van der Waals surface area contributed by atoms with Gasteiger partial charge in [0.1, 0.15) is 12.6 Å². The second kappa shape index (κ2) is 13.9. The van der Waals surface area contributed by atoms with Crippen LogP contribution in [-0.4, -0.2) is 44.8 Å². The van der Waals surface area contributed by atoms with Crippen LogP contribution in [0.15, 0.2) is 108 Å². The fraction of sp³-hybridized carbons (Fsp3) is 0.188. The topological polar surface area (TPSA) is 86.8 Å². The van der Waals surface area contributed by atoms with Gasteiger partial charge in [-0.05, 0) is 66.1 Å². The molecule has 1 atom stereocenters. The third-order valence-corrected chi connectivity index (χ3v) is 9.04. The Kier molecular flexibility index (Phi) is 10.3. The third kappa shape index (κ3) is 7.50. The Balaban J connectivity index is 1.81. The summed E-state index contributed by atoms with van der Waals surface area (Å²) >= 11 is 12.4. The van der Waals surface area contributed by atoms with Gasteiger partial charge in [-0.2, -0.15) is 0 Å². The van der Waals surface area contributed by atoms with Crippen molar-refractivity contribution in [1.82, 2.24) is 10.2 Å². The largest absolute Gasteiger partial charge is 0.357 e. The van der Waals surface area contributed by atoms with Gasteiger partial charge in [0.05, 0.1) is 10.6 Å². The van der Waals surface area contributed by atoms with Crippen LogP contribution >= 0.6 is 23.2 Å². The Morgan fingerprint density at radius 2 is 1.43 bits per heavy atom. The van der Waals surface area contributed by atoms with Crippen LogP contribution in [0.2, 0.25) is 10.0 Å². The molecule has 1 N–H and O–H groups in total. The molecule has 7 nitrogen and oxygen atoms in total. The average Bonchev–Trinajstić information content (AvgIpc) is 2.98. The van der Waals surface area contributed by atoms with Crippen LogP contribution < -0.4 is 9.62 Å². The van der Waals surface area contributed by atoms with Gasteiger partial charge in [-0.15, -0.1) is 0 Å². The van der Waals surface area contributed by atoms with E-state index in [4.69, 9.17) is 23.2 Å². The van der Waals surface area contributed by atoms with Gasteiger partial charge in [-0.25, -0.2) is 8.42 Å². The van der Waals surface area contributed by atoms with Crippen molar-refractivity contribution in [2.45, 2.75) is 30.8 Å². The lowest BCUT2D eigenvalue weighted by Crippen LogP contribution is -2.53. The summed E-state index contributed by atoms with van der Waals surface area (Å²) in [5, 5.41) is 3.58. The zero-order valence-electron chi connectivity index (χ0n) is 23.2. The molecule has 0 spiro atoms. The molecule has 42 heavy (non-hydrogen) atoms. The zero-order chi connectivity index (χ0) is 30.3. The van der Waals surface area contributed by atoms with Crippen molar-refractivity contribution in [2.24, 2.45) is 0 Å². The number of anilines is 1. The molecule has 0 aliphatic carbocycles. The molecule has 218 valence electrons. The lowest BCUT2D eigenvalue weighted by atomic mass is 10.0. The first-order chi connectivity index (χ1) is 20.1. The lowest BCUT2D eigenvalue weighted by molar-refractivity contribution is -0.139. The zero-order valence-corrected chi connectivity index (χ0v) is 25.5. The van der Waals surface area contributed by atoms with Crippen molar-refractivity contribution in [3.63, 3.8) is 0 Å². The van der Waals surface area contributed by atoms with Gasteiger partial charge in [0, 0.05) is 30.1 Å². The number of hydrogen-bond acceptors (Lipinski definition) is 4. The second-order valence-corrected chi connectivity index (χ2v) is 12.5. The van der Waals surface area contributed by atoms with Crippen molar-refractivity contribution >= 4 is 50.7 Å². The van der Waals surface area contributed by atoms with E-state index in [0.717, 1.165) is 9.87 Å². The molecule has 0 aliphatic rings. The van der Waals surface area contributed by atoms with Crippen LogP contribution in [0.5, 0.6) is 0 Å². The van der Waals surface area contributed by atoms with E-state index in [1.165, 1.54) is 24.1 Å². The summed E-state index contributed by atoms with van der Waals surface area (Å²) in [5.41, 5.74) is 2.41. The number of carbonyl (C=O) groups excluding carboxylic acids is 2. The Labute approximate surface area is 256 Å². The maximum Gasteiger partial charge on any atom is 0.264 e. The molecule has 0 aliphatic heterocycles. The number of rotatable bonds is 11. The monoisotopic (exact) mass is 623 g/mol. The summed E-state index contributed by atoms with van der Waals surface area (Å²) in [7, 11) is -2.68. The van der Waals surface area contributed by atoms with Gasteiger partial charge in [-0.1, -0.05) is 83.9 Å². The Morgan fingerprint density at radius 1 is 0.810 bits per heavy atom. The van der Waals surface area contributed by atoms with Crippen LogP contribution in [0.25, 0.3) is 0 Å². The molecule has 0 bridgehead atoms. The number of carbonyl (C=O) groups is 2. The molecule has 0 aromatic heterocycles. The predicted molar refractivity (Wildman–Crippen MR) is 167 cm³/mol. The Morgan fingerprint density at radius 3 is 2.05 bits per heavy atom. The van der Waals surface area contributed by atoms with Gasteiger partial charge >= 0.3 is 0 Å².